The van der Waals surface area contributed by atoms with Gasteiger partial charge in [-0.1, -0.05) is 25.5 Å². The second kappa shape index (κ2) is 6.96. The van der Waals surface area contributed by atoms with Crippen LogP contribution in [0.1, 0.15) is 13.3 Å². The Morgan fingerprint density at radius 1 is 1.50 bits per heavy atom. The van der Waals surface area contributed by atoms with Gasteiger partial charge >= 0.3 is 0 Å². The molecule has 0 saturated heterocycles. The molecule has 0 bridgehead atoms. The van der Waals surface area contributed by atoms with Crippen molar-refractivity contribution in [3.63, 3.8) is 0 Å². The van der Waals surface area contributed by atoms with E-state index in [0.717, 1.165) is 25.2 Å². The number of hydrogen-bond acceptors (Lipinski definition) is 3. The normalized spacial score (nSPS) is 9.40. The van der Waals surface area contributed by atoms with Crippen LogP contribution in [0.4, 0.5) is 0 Å². The summed E-state index contributed by atoms with van der Waals surface area (Å²) in [6.07, 6.45) is 3.04. The Balaban J connectivity index is 2.96. The number of hydrogen-bond donors (Lipinski definition) is 2. The van der Waals surface area contributed by atoms with Gasteiger partial charge in [0.25, 0.3) is 0 Å². The monoisotopic (exact) mass is 160 g/mol. The molecule has 0 unspecified atom stereocenters. The van der Waals surface area contributed by atoms with Gasteiger partial charge in [-0.15, -0.1) is 0 Å². The van der Waals surface area contributed by atoms with Crippen molar-refractivity contribution in [2.75, 3.05) is 19.3 Å². The van der Waals surface area contributed by atoms with Gasteiger partial charge in [0.2, 0.25) is 0 Å². The van der Waals surface area contributed by atoms with E-state index in [0.29, 0.717) is 0 Å². The summed E-state index contributed by atoms with van der Waals surface area (Å²) in [4.78, 5) is 0. The third kappa shape index (κ3) is 5.98. The van der Waals surface area contributed by atoms with Crippen LogP contribution in [0, 0.1) is 0 Å². The minimum Gasteiger partial charge on any atom is -0.388 e. The molecular weight excluding hydrogens is 144 g/mol. The van der Waals surface area contributed by atoms with E-state index in [2.05, 4.69) is 23.5 Å². The van der Waals surface area contributed by atoms with Crippen molar-refractivity contribution >= 4 is 11.9 Å². The van der Waals surface area contributed by atoms with Crippen LogP contribution in [0.3, 0.4) is 0 Å². The van der Waals surface area contributed by atoms with Gasteiger partial charge < -0.3 is 5.32 Å². The summed E-state index contributed by atoms with van der Waals surface area (Å²) in [5, 5.41) is 3.20. The second-order valence-electron chi connectivity index (χ2n) is 1.98. The smallest absolute Gasteiger partial charge is 0.0278 e. The average Bonchev–Trinajstić information content (AvgIpc) is 1.98. The highest BCUT2D eigenvalue weighted by atomic mass is 32.2. The molecule has 0 radical (unpaired) electrons. The SMILES string of the molecule is C=C(CC)NCCNSC. The first kappa shape index (κ1) is 9.85. The molecule has 0 aromatic heterocycles. The summed E-state index contributed by atoms with van der Waals surface area (Å²) in [6.45, 7) is 7.87. The summed E-state index contributed by atoms with van der Waals surface area (Å²) in [7, 11) is 0. The lowest BCUT2D eigenvalue weighted by atomic mass is 10.4. The molecule has 0 spiro atoms. The highest BCUT2D eigenvalue weighted by molar-refractivity contribution is 7.96. The summed E-state index contributed by atoms with van der Waals surface area (Å²) >= 11 is 1.64. The fraction of sp³-hybridized carbons (Fsp3) is 0.714. The van der Waals surface area contributed by atoms with E-state index in [4.69, 9.17) is 0 Å². The van der Waals surface area contributed by atoms with Crippen LogP contribution in [0.2, 0.25) is 0 Å². The zero-order valence-electron chi connectivity index (χ0n) is 6.74. The minimum atomic E-state index is 0.966. The Labute approximate surface area is 67.6 Å². The van der Waals surface area contributed by atoms with E-state index in [1.165, 1.54) is 0 Å². The first-order valence-corrected chi connectivity index (χ1v) is 4.71. The van der Waals surface area contributed by atoms with Gasteiger partial charge in [0, 0.05) is 18.8 Å². The zero-order chi connectivity index (χ0) is 7.82. The van der Waals surface area contributed by atoms with Gasteiger partial charge in [-0.25, -0.2) is 0 Å². The van der Waals surface area contributed by atoms with E-state index in [9.17, 15) is 0 Å². The van der Waals surface area contributed by atoms with E-state index in [1.54, 1.807) is 11.9 Å². The van der Waals surface area contributed by atoms with Gasteiger partial charge in [-0.2, -0.15) is 0 Å². The van der Waals surface area contributed by atoms with Gasteiger partial charge in [-0.05, 0) is 12.7 Å². The van der Waals surface area contributed by atoms with Crippen LogP contribution >= 0.6 is 11.9 Å². The van der Waals surface area contributed by atoms with Gasteiger partial charge in [-0.3, -0.25) is 4.72 Å². The number of rotatable bonds is 6. The molecule has 3 heteroatoms. The lowest BCUT2D eigenvalue weighted by molar-refractivity contribution is 0.750. The molecule has 0 aliphatic carbocycles. The fourth-order valence-corrected chi connectivity index (χ4v) is 0.824. The summed E-state index contributed by atoms with van der Waals surface area (Å²) in [6, 6.07) is 0. The van der Waals surface area contributed by atoms with Crippen LogP contribution in [-0.4, -0.2) is 19.3 Å². The maximum Gasteiger partial charge on any atom is 0.0278 e. The van der Waals surface area contributed by atoms with Crippen LogP contribution in [-0.2, 0) is 0 Å². The quantitative estimate of drug-likeness (QED) is 0.453. The van der Waals surface area contributed by atoms with Crippen molar-refractivity contribution in [3.05, 3.63) is 12.3 Å². The Bertz CT molecular complexity index is 93.6. The zero-order valence-corrected chi connectivity index (χ0v) is 7.55. The van der Waals surface area contributed by atoms with Crippen LogP contribution < -0.4 is 10.0 Å². The van der Waals surface area contributed by atoms with Crippen LogP contribution in [0.25, 0.3) is 0 Å². The van der Waals surface area contributed by atoms with Gasteiger partial charge in [0.1, 0.15) is 0 Å². The molecule has 10 heavy (non-hydrogen) atoms. The van der Waals surface area contributed by atoms with Gasteiger partial charge in [0.05, 0.1) is 0 Å². The second-order valence-corrected chi connectivity index (χ2v) is 2.68. The molecule has 0 aliphatic rings. The summed E-state index contributed by atoms with van der Waals surface area (Å²) in [5.41, 5.74) is 1.11. The van der Waals surface area contributed by atoms with Gasteiger partial charge in [0.15, 0.2) is 0 Å². The Morgan fingerprint density at radius 2 is 2.20 bits per heavy atom. The topological polar surface area (TPSA) is 24.1 Å². The Morgan fingerprint density at radius 3 is 2.70 bits per heavy atom. The van der Waals surface area contributed by atoms with E-state index < -0.39 is 0 Å². The fourth-order valence-electron chi connectivity index (χ4n) is 0.517. The average molecular weight is 160 g/mol. The lowest BCUT2D eigenvalue weighted by Crippen LogP contribution is -2.22. The highest BCUT2D eigenvalue weighted by Crippen LogP contribution is 1.88. The standard InChI is InChI=1S/C7H16N2S/c1-4-7(2)8-5-6-9-10-3/h8-9H,2,4-6H2,1,3H3. The first-order chi connectivity index (χ1) is 4.81. The maximum atomic E-state index is 3.83. The maximum absolute atomic E-state index is 3.83. The van der Waals surface area contributed by atoms with Crippen molar-refractivity contribution < 1.29 is 0 Å². The van der Waals surface area contributed by atoms with E-state index in [1.807, 2.05) is 6.26 Å². The highest BCUT2D eigenvalue weighted by Gasteiger charge is 1.86. The predicted octanol–water partition coefficient (Wildman–Crippen LogP) is 1.37. The van der Waals surface area contributed by atoms with Crippen molar-refractivity contribution in [1.82, 2.24) is 10.0 Å². The lowest BCUT2D eigenvalue weighted by Gasteiger charge is -2.06. The molecular formula is C7H16N2S. The largest absolute Gasteiger partial charge is 0.388 e. The van der Waals surface area contributed by atoms with Crippen LogP contribution in [0.5, 0.6) is 0 Å². The van der Waals surface area contributed by atoms with Crippen molar-refractivity contribution in [3.8, 4) is 0 Å². The first-order valence-electron chi connectivity index (χ1n) is 3.48. The molecule has 0 heterocycles. The van der Waals surface area contributed by atoms with E-state index >= 15 is 0 Å². The number of allylic oxidation sites excluding steroid dienone is 1. The van der Waals surface area contributed by atoms with Crippen molar-refractivity contribution in [2.24, 2.45) is 0 Å². The van der Waals surface area contributed by atoms with Crippen molar-refractivity contribution in [2.45, 2.75) is 13.3 Å². The molecule has 0 amide bonds. The molecule has 0 aliphatic heterocycles. The summed E-state index contributed by atoms with van der Waals surface area (Å²) < 4.78 is 3.14. The summed E-state index contributed by atoms with van der Waals surface area (Å²) in [5.74, 6) is 0. The molecule has 0 fully saturated rings. The third-order valence-corrected chi connectivity index (χ3v) is 1.67. The predicted molar refractivity (Wildman–Crippen MR) is 49.0 cm³/mol. The molecule has 0 aromatic carbocycles. The Hall–Kier alpha value is -0.150. The third-order valence-electron chi connectivity index (χ3n) is 1.17. The molecule has 0 rings (SSSR count). The molecule has 60 valence electrons. The minimum absolute atomic E-state index is 0.966. The molecule has 0 atom stereocenters. The Kier molecular flexibility index (Phi) is 6.86. The van der Waals surface area contributed by atoms with E-state index in [-0.39, 0.29) is 0 Å². The molecule has 0 aromatic rings. The van der Waals surface area contributed by atoms with Crippen LogP contribution in [0.15, 0.2) is 12.3 Å². The van der Waals surface area contributed by atoms with Crippen molar-refractivity contribution in [1.29, 1.82) is 0 Å². The number of nitrogens with one attached hydrogen (secondary N) is 2. The molecule has 2 N–H and O–H groups in total. The molecule has 2 nitrogen and oxygen atoms in total. The molecule has 0 saturated carbocycles.